The first-order valence-electron chi connectivity index (χ1n) is 6.24. The quantitative estimate of drug-likeness (QED) is 0.604. The second kappa shape index (κ2) is 6.75. The van der Waals surface area contributed by atoms with Crippen molar-refractivity contribution in [2.45, 2.75) is 37.4 Å². The number of ether oxygens (including phenoxy) is 1. The van der Waals surface area contributed by atoms with E-state index in [2.05, 4.69) is 16.4 Å². The average molecular weight is 266 g/mol. The molecule has 0 amide bonds. The summed E-state index contributed by atoms with van der Waals surface area (Å²) < 4.78 is 4.86. The third-order valence-electron chi connectivity index (χ3n) is 2.61. The Morgan fingerprint density at radius 2 is 2.39 bits per heavy atom. The Hall–Kier alpha value is -1.07. The molecule has 1 aliphatic carbocycles. The van der Waals surface area contributed by atoms with E-state index in [4.69, 9.17) is 4.74 Å². The molecule has 2 rings (SSSR count). The van der Waals surface area contributed by atoms with Gasteiger partial charge in [0.2, 0.25) is 0 Å². The van der Waals surface area contributed by atoms with Gasteiger partial charge in [0.05, 0.1) is 17.4 Å². The number of hydrogen-bond donors (Lipinski definition) is 1. The summed E-state index contributed by atoms with van der Waals surface area (Å²) in [6.45, 7) is 3.11. The smallest absolute Gasteiger partial charge is 0.316 e. The minimum absolute atomic E-state index is 0.191. The first-order chi connectivity index (χ1) is 8.78. The summed E-state index contributed by atoms with van der Waals surface area (Å²) in [5, 5.41) is 4.30. The number of nitrogens with one attached hydrogen (secondary N) is 1. The van der Waals surface area contributed by atoms with Crippen LogP contribution in [0.5, 0.6) is 0 Å². The first kappa shape index (κ1) is 13.4. The van der Waals surface area contributed by atoms with Crippen molar-refractivity contribution in [2.24, 2.45) is 0 Å². The second-order valence-electron chi connectivity index (χ2n) is 4.25. The van der Waals surface area contributed by atoms with Gasteiger partial charge >= 0.3 is 5.97 Å². The number of thioether (sulfide) groups is 1. The Morgan fingerprint density at radius 1 is 1.56 bits per heavy atom. The van der Waals surface area contributed by atoms with Gasteiger partial charge in [0, 0.05) is 18.8 Å². The fourth-order valence-electron chi connectivity index (χ4n) is 1.49. The van der Waals surface area contributed by atoms with E-state index < -0.39 is 0 Å². The number of carbonyl (C=O) groups excluding carboxylic acids is 1. The molecule has 0 saturated heterocycles. The van der Waals surface area contributed by atoms with Gasteiger partial charge in [0.1, 0.15) is 0 Å². The third-order valence-corrected chi connectivity index (χ3v) is 3.53. The summed E-state index contributed by atoms with van der Waals surface area (Å²) in [6.07, 6.45) is 4.45. The molecule has 1 N–H and O–H groups in total. The van der Waals surface area contributed by atoms with Crippen LogP contribution in [0.2, 0.25) is 0 Å². The Balaban J connectivity index is 1.73. The molecule has 1 aromatic rings. The van der Waals surface area contributed by atoms with Crippen LogP contribution >= 0.6 is 11.8 Å². The van der Waals surface area contributed by atoms with Gasteiger partial charge in [-0.3, -0.25) is 4.79 Å². The molecule has 0 aromatic carbocycles. The molecule has 1 aliphatic rings. The Labute approximate surface area is 112 Å². The maximum Gasteiger partial charge on any atom is 0.316 e. The molecule has 0 atom stereocenters. The van der Waals surface area contributed by atoms with Crippen LogP contribution in [0.25, 0.3) is 0 Å². The fraction of sp³-hybridized carbons (Fsp3) is 0.538. The van der Waals surface area contributed by atoms with E-state index in [1.165, 1.54) is 30.2 Å². The molecule has 1 saturated carbocycles. The van der Waals surface area contributed by atoms with E-state index in [0.717, 1.165) is 11.6 Å². The summed E-state index contributed by atoms with van der Waals surface area (Å²) in [6, 6.07) is 4.71. The van der Waals surface area contributed by atoms with E-state index in [9.17, 15) is 4.79 Å². The van der Waals surface area contributed by atoms with Crippen LogP contribution in [0, 0.1) is 0 Å². The van der Waals surface area contributed by atoms with Gasteiger partial charge in [0.15, 0.2) is 0 Å². The zero-order valence-corrected chi connectivity index (χ0v) is 11.3. The van der Waals surface area contributed by atoms with E-state index >= 15 is 0 Å². The number of carbonyl (C=O) groups is 1. The van der Waals surface area contributed by atoms with Gasteiger partial charge in [-0.05, 0) is 31.4 Å². The maximum absolute atomic E-state index is 11.2. The second-order valence-corrected chi connectivity index (χ2v) is 5.25. The highest BCUT2D eigenvalue weighted by molar-refractivity contribution is 7.99. The molecule has 0 unspecified atom stereocenters. The van der Waals surface area contributed by atoms with Gasteiger partial charge < -0.3 is 10.1 Å². The molecule has 18 heavy (non-hydrogen) atoms. The zero-order chi connectivity index (χ0) is 12.8. The Bertz CT molecular complexity index is 390. The minimum Gasteiger partial charge on any atom is -0.465 e. The molecule has 1 fully saturated rings. The van der Waals surface area contributed by atoms with Crippen LogP contribution in [-0.4, -0.2) is 29.4 Å². The lowest BCUT2D eigenvalue weighted by Gasteiger charge is -2.04. The molecular formula is C13H18N2O2S. The molecular weight excluding hydrogens is 248 g/mol. The largest absolute Gasteiger partial charge is 0.465 e. The van der Waals surface area contributed by atoms with Gasteiger partial charge in [0.25, 0.3) is 0 Å². The van der Waals surface area contributed by atoms with Crippen LogP contribution in [-0.2, 0) is 16.1 Å². The summed E-state index contributed by atoms with van der Waals surface area (Å²) in [5.41, 5.74) is 1.18. The van der Waals surface area contributed by atoms with Crippen molar-refractivity contribution >= 4 is 17.7 Å². The maximum atomic E-state index is 11.2. The molecule has 0 radical (unpaired) electrons. The number of aromatic nitrogens is 1. The zero-order valence-electron chi connectivity index (χ0n) is 10.5. The minimum atomic E-state index is -0.191. The van der Waals surface area contributed by atoms with Crippen molar-refractivity contribution < 1.29 is 9.53 Å². The van der Waals surface area contributed by atoms with Crippen molar-refractivity contribution in [1.82, 2.24) is 10.3 Å². The summed E-state index contributed by atoms with van der Waals surface area (Å²) >= 11 is 1.41. The van der Waals surface area contributed by atoms with E-state index in [1.54, 1.807) is 0 Å². The molecule has 0 aliphatic heterocycles. The normalized spacial score (nSPS) is 14.5. The first-order valence-corrected chi connectivity index (χ1v) is 7.23. The number of esters is 1. The van der Waals surface area contributed by atoms with Crippen molar-refractivity contribution in [3.8, 4) is 0 Å². The van der Waals surface area contributed by atoms with E-state index in [-0.39, 0.29) is 5.97 Å². The number of pyridine rings is 1. The van der Waals surface area contributed by atoms with Crippen molar-refractivity contribution in [2.75, 3.05) is 12.4 Å². The number of hydrogen-bond acceptors (Lipinski definition) is 5. The summed E-state index contributed by atoms with van der Waals surface area (Å²) in [5.74, 6) is 0.129. The molecule has 1 heterocycles. The third kappa shape index (κ3) is 4.66. The highest BCUT2D eigenvalue weighted by Crippen LogP contribution is 2.20. The van der Waals surface area contributed by atoms with Crippen LogP contribution in [0.1, 0.15) is 25.3 Å². The number of rotatable bonds is 7. The van der Waals surface area contributed by atoms with Gasteiger partial charge in [-0.25, -0.2) is 4.98 Å². The highest BCUT2D eigenvalue weighted by Gasteiger charge is 2.19. The topological polar surface area (TPSA) is 51.2 Å². The molecule has 0 bridgehead atoms. The average Bonchev–Trinajstić information content (AvgIpc) is 3.19. The van der Waals surface area contributed by atoms with E-state index in [1.807, 2.05) is 19.2 Å². The standard InChI is InChI=1S/C13H18N2O2S/c1-2-17-13(16)9-18-12-6-3-10(8-15-12)7-14-11-4-5-11/h3,6,8,11,14H,2,4-5,7,9H2,1H3. The molecule has 5 heteroatoms. The summed E-state index contributed by atoms with van der Waals surface area (Å²) in [4.78, 5) is 15.5. The van der Waals surface area contributed by atoms with Crippen LogP contribution in [0.4, 0.5) is 0 Å². The fourth-order valence-corrected chi connectivity index (χ4v) is 2.13. The van der Waals surface area contributed by atoms with Gasteiger partial charge in [-0.1, -0.05) is 17.8 Å². The lowest BCUT2D eigenvalue weighted by Crippen LogP contribution is -2.15. The SMILES string of the molecule is CCOC(=O)CSc1ccc(CNC2CC2)cn1. The highest BCUT2D eigenvalue weighted by atomic mass is 32.2. The van der Waals surface area contributed by atoms with Crippen LogP contribution < -0.4 is 5.32 Å². The van der Waals surface area contributed by atoms with Crippen LogP contribution in [0.3, 0.4) is 0 Å². The molecule has 1 aromatic heterocycles. The lowest BCUT2D eigenvalue weighted by molar-refractivity contribution is -0.139. The molecule has 0 spiro atoms. The van der Waals surface area contributed by atoms with Gasteiger partial charge in [-0.15, -0.1) is 0 Å². The monoisotopic (exact) mass is 266 g/mol. The molecule has 4 nitrogen and oxygen atoms in total. The number of nitrogens with zero attached hydrogens (tertiary/aromatic N) is 1. The predicted molar refractivity (Wildman–Crippen MR) is 71.5 cm³/mol. The lowest BCUT2D eigenvalue weighted by atomic mass is 10.3. The van der Waals surface area contributed by atoms with E-state index in [0.29, 0.717) is 18.4 Å². The van der Waals surface area contributed by atoms with Gasteiger partial charge in [-0.2, -0.15) is 0 Å². The molecule has 98 valence electrons. The summed E-state index contributed by atoms with van der Waals surface area (Å²) in [7, 11) is 0. The van der Waals surface area contributed by atoms with Crippen molar-refractivity contribution in [3.05, 3.63) is 23.9 Å². The predicted octanol–water partition coefficient (Wildman–Crippen LogP) is 1.99. The van der Waals surface area contributed by atoms with Crippen LogP contribution in [0.15, 0.2) is 23.4 Å². The van der Waals surface area contributed by atoms with Crippen molar-refractivity contribution in [1.29, 1.82) is 0 Å². The van der Waals surface area contributed by atoms with Crippen molar-refractivity contribution in [3.63, 3.8) is 0 Å². The Kier molecular flexibility index (Phi) is 5.01. The Morgan fingerprint density at radius 3 is 3.00 bits per heavy atom.